The normalized spacial score (nSPS) is 22.9. The lowest BCUT2D eigenvalue weighted by molar-refractivity contribution is -0.167. The molecule has 0 aromatic carbocycles. The molecule has 1 aliphatic rings. The fourth-order valence-electron chi connectivity index (χ4n) is 2.92. The molecule has 2 unspecified atom stereocenters. The topological polar surface area (TPSA) is 147 Å². The monoisotopic (exact) mass is 436 g/mol. The van der Waals surface area contributed by atoms with Crippen molar-refractivity contribution in [2.45, 2.75) is 45.3 Å². The molecule has 0 radical (unpaired) electrons. The first-order valence-electron chi connectivity index (χ1n) is 9.30. The van der Waals surface area contributed by atoms with Crippen molar-refractivity contribution in [3.05, 3.63) is 11.9 Å². The van der Waals surface area contributed by atoms with Gasteiger partial charge in [-0.15, -0.1) is 12.8 Å². The van der Waals surface area contributed by atoms with Gasteiger partial charge in [0.05, 0.1) is 13.1 Å². The van der Waals surface area contributed by atoms with Crippen LogP contribution in [0.25, 0.3) is 0 Å². The van der Waals surface area contributed by atoms with Gasteiger partial charge in [-0.3, -0.25) is 24.3 Å². The zero-order valence-corrected chi connectivity index (χ0v) is 17.8. The highest BCUT2D eigenvalue weighted by atomic mass is 16.7. The van der Waals surface area contributed by atoms with Crippen LogP contribution in [0, 0.1) is 24.7 Å². The van der Waals surface area contributed by atoms with Gasteiger partial charge in [0.1, 0.15) is 12.7 Å². The second kappa shape index (κ2) is 12.4. The number of carbonyl (C=O) groups excluding carboxylic acids is 3. The highest BCUT2D eigenvalue weighted by molar-refractivity contribution is 5.68. The molecule has 0 spiro atoms. The lowest BCUT2D eigenvalue weighted by Gasteiger charge is -2.28. The molecule has 0 saturated carbocycles. The largest absolute Gasteiger partial charge is 0.463 e. The molecule has 1 rings (SSSR count). The number of carbonyl (C=O) groups is 3. The summed E-state index contributed by atoms with van der Waals surface area (Å²) in [6.07, 6.45) is 7.82. The number of hydrazine groups is 1. The Morgan fingerprint density at radius 2 is 1.58 bits per heavy atom. The molecule has 1 fully saturated rings. The molecule has 4 atom stereocenters. The average molecular weight is 436 g/mol. The SMILES string of the molecule is C#CCN(CC#C)C/C(N)=C/N(N)[C@@H]1O[C@H](COC(C)=O)C(OC(C)=O)C1OC(C)=O. The van der Waals surface area contributed by atoms with Crippen molar-refractivity contribution < 1.29 is 33.3 Å². The Balaban J connectivity index is 3.09. The van der Waals surface area contributed by atoms with Crippen molar-refractivity contribution in [2.24, 2.45) is 11.6 Å². The molecule has 31 heavy (non-hydrogen) atoms. The van der Waals surface area contributed by atoms with Crippen molar-refractivity contribution in [1.29, 1.82) is 0 Å². The number of nitrogens with two attached hydrogens (primary N) is 2. The Bertz CT molecular complexity index is 754. The van der Waals surface area contributed by atoms with Gasteiger partial charge in [0.2, 0.25) is 0 Å². The van der Waals surface area contributed by atoms with Crippen LogP contribution in [-0.2, 0) is 33.3 Å². The number of nitrogens with zero attached hydrogens (tertiary/aromatic N) is 2. The van der Waals surface area contributed by atoms with E-state index in [0.29, 0.717) is 5.70 Å². The highest BCUT2D eigenvalue weighted by Crippen LogP contribution is 2.29. The van der Waals surface area contributed by atoms with Crippen LogP contribution < -0.4 is 11.6 Å². The molecule has 0 aromatic rings. The van der Waals surface area contributed by atoms with Crippen LogP contribution in [0.15, 0.2) is 11.9 Å². The summed E-state index contributed by atoms with van der Waals surface area (Å²) in [6.45, 7) is 4.11. The van der Waals surface area contributed by atoms with Crippen molar-refractivity contribution in [2.75, 3.05) is 26.2 Å². The predicted octanol–water partition coefficient (Wildman–Crippen LogP) is -1.32. The molecule has 170 valence electrons. The van der Waals surface area contributed by atoms with Gasteiger partial charge in [0.25, 0.3) is 0 Å². The summed E-state index contributed by atoms with van der Waals surface area (Å²) in [5.41, 5.74) is 6.34. The number of hydrogen-bond acceptors (Lipinski definition) is 11. The molecular weight excluding hydrogens is 408 g/mol. The van der Waals surface area contributed by atoms with E-state index >= 15 is 0 Å². The van der Waals surface area contributed by atoms with Crippen molar-refractivity contribution >= 4 is 17.9 Å². The maximum absolute atomic E-state index is 11.6. The fourth-order valence-corrected chi connectivity index (χ4v) is 2.92. The number of terminal acetylenes is 2. The number of esters is 3. The molecule has 0 bridgehead atoms. The summed E-state index contributed by atoms with van der Waals surface area (Å²) in [5, 5.41) is 1.08. The van der Waals surface area contributed by atoms with E-state index < -0.39 is 42.4 Å². The van der Waals surface area contributed by atoms with Crippen LogP contribution in [0.4, 0.5) is 0 Å². The van der Waals surface area contributed by atoms with E-state index in [1.807, 2.05) is 0 Å². The Labute approximate surface area is 181 Å². The Kier molecular flexibility index (Phi) is 10.4. The van der Waals surface area contributed by atoms with E-state index in [1.54, 1.807) is 4.90 Å². The van der Waals surface area contributed by atoms with Gasteiger partial charge in [-0.1, -0.05) is 11.8 Å². The molecule has 1 aliphatic heterocycles. The van der Waals surface area contributed by atoms with Gasteiger partial charge in [-0.25, -0.2) is 5.84 Å². The summed E-state index contributed by atoms with van der Waals surface area (Å²) >= 11 is 0. The van der Waals surface area contributed by atoms with Gasteiger partial charge in [-0.2, -0.15) is 0 Å². The second-order valence-corrected chi connectivity index (χ2v) is 6.72. The lowest BCUT2D eigenvalue weighted by Crippen LogP contribution is -2.48. The maximum Gasteiger partial charge on any atom is 0.303 e. The first-order chi connectivity index (χ1) is 14.6. The Hall–Kier alpha value is -3.25. The van der Waals surface area contributed by atoms with Crippen LogP contribution >= 0.6 is 0 Å². The van der Waals surface area contributed by atoms with Gasteiger partial charge < -0.3 is 24.7 Å². The molecule has 0 aromatic heterocycles. The number of rotatable bonds is 10. The number of hydrogen-bond donors (Lipinski definition) is 2. The third-order valence-electron chi connectivity index (χ3n) is 3.99. The van der Waals surface area contributed by atoms with E-state index in [9.17, 15) is 14.4 Å². The zero-order valence-electron chi connectivity index (χ0n) is 17.8. The molecular formula is C20H28N4O7. The number of ether oxygens (including phenoxy) is 4. The zero-order chi connectivity index (χ0) is 23.6. The summed E-state index contributed by atoms with van der Waals surface area (Å²) < 4.78 is 21.3. The molecule has 4 N–H and O–H groups in total. The summed E-state index contributed by atoms with van der Waals surface area (Å²) in [5.74, 6) is 9.20. The van der Waals surface area contributed by atoms with Crippen LogP contribution in [0.1, 0.15) is 20.8 Å². The molecule has 11 heteroatoms. The van der Waals surface area contributed by atoms with Crippen molar-refractivity contribution in [1.82, 2.24) is 9.91 Å². The average Bonchev–Trinajstić information content (AvgIpc) is 2.96. The predicted molar refractivity (Wildman–Crippen MR) is 109 cm³/mol. The Morgan fingerprint density at radius 3 is 2.06 bits per heavy atom. The van der Waals surface area contributed by atoms with Crippen molar-refractivity contribution in [3.63, 3.8) is 0 Å². The Morgan fingerprint density at radius 1 is 1.03 bits per heavy atom. The van der Waals surface area contributed by atoms with Gasteiger partial charge in [0, 0.05) is 39.2 Å². The van der Waals surface area contributed by atoms with E-state index in [2.05, 4.69) is 11.8 Å². The third-order valence-corrected chi connectivity index (χ3v) is 3.99. The van der Waals surface area contributed by atoms with Gasteiger partial charge >= 0.3 is 17.9 Å². The van der Waals surface area contributed by atoms with Crippen LogP contribution in [0.3, 0.4) is 0 Å². The molecule has 0 amide bonds. The summed E-state index contributed by atoms with van der Waals surface area (Å²) in [7, 11) is 0. The van der Waals surface area contributed by atoms with E-state index in [1.165, 1.54) is 27.0 Å². The smallest absolute Gasteiger partial charge is 0.303 e. The minimum Gasteiger partial charge on any atom is -0.463 e. The lowest BCUT2D eigenvalue weighted by atomic mass is 10.1. The van der Waals surface area contributed by atoms with Crippen molar-refractivity contribution in [3.8, 4) is 24.7 Å². The third kappa shape index (κ3) is 8.56. The standard InChI is InChI=1S/C20H28N4O7/c1-6-8-23(9-7-2)10-16(21)11-24(22)20-19(30-15(5)27)18(29-14(4)26)17(31-20)12-28-13(3)25/h1-2,11,17-20H,8-10,12,21-22H2,3-5H3/b16-11-/t17-,18?,19?,20-/m1/s1. The van der Waals surface area contributed by atoms with Gasteiger partial charge in [0.15, 0.2) is 18.4 Å². The quantitative estimate of drug-likeness (QED) is 0.138. The minimum atomic E-state index is -1.11. The van der Waals surface area contributed by atoms with Crippen LogP contribution in [-0.4, -0.2) is 78.6 Å². The fraction of sp³-hybridized carbons (Fsp3) is 0.550. The maximum atomic E-state index is 11.6. The molecule has 1 heterocycles. The molecule has 0 aliphatic carbocycles. The highest BCUT2D eigenvalue weighted by Gasteiger charge is 2.51. The summed E-state index contributed by atoms with van der Waals surface area (Å²) in [4.78, 5) is 36.1. The molecule has 1 saturated heterocycles. The summed E-state index contributed by atoms with van der Waals surface area (Å²) in [6, 6.07) is 0. The minimum absolute atomic E-state index is 0.220. The first-order valence-corrected chi connectivity index (χ1v) is 9.30. The van der Waals surface area contributed by atoms with Crippen LogP contribution in [0.2, 0.25) is 0 Å². The van der Waals surface area contributed by atoms with Gasteiger partial charge in [-0.05, 0) is 0 Å². The van der Waals surface area contributed by atoms with E-state index in [-0.39, 0.29) is 26.2 Å². The van der Waals surface area contributed by atoms with E-state index in [0.717, 1.165) is 5.01 Å². The van der Waals surface area contributed by atoms with E-state index in [4.69, 9.17) is 43.4 Å². The molecule has 11 nitrogen and oxygen atoms in total. The second-order valence-electron chi connectivity index (χ2n) is 6.72. The first kappa shape index (κ1) is 25.8. The van der Waals surface area contributed by atoms with Crippen LogP contribution in [0.5, 0.6) is 0 Å².